The maximum Gasteiger partial charge on any atom is 0.416 e. The van der Waals surface area contributed by atoms with Crippen LogP contribution in [0.5, 0.6) is 0 Å². The van der Waals surface area contributed by atoms with Gasteiger partial charge >= 0.3 is 6.18 Å². The minimum atomic E-state index is -4.50. The van der Waals surface area contributed by atoms with Crippen LogP contribution in [-0.2, 0) is 33.5 Å². The third kappa shape index (κ3) is 11.7. The summed E-state index contributed by atoms with van der Waals surface area (Å²) in [6, 6.07) is 8.98. The highest BCUT2D eigenvalue weighted by Crippen LogP contribution is 2.32. The predicted octanol–water partition coefficient (Wildman–Crippen LogP) is 3.97. The Kier molecular flexibility index (Phi) is 13.9. The van der Waals surface area contributed by atoms with E-state index in [-0.39, 0.29) is 24.8 Å². The van der Waals surface area contributed by atoms with E-state index in [9.17, 15) is 22.8 Å². The molecule has 2 heterocycles. The van der Waals surface area contributed by atoms with Crippen LogP contribution in [-0.4, -0.2) is 67.2 Å². The van der Waals surface area contributed by atoms with E-state index in [0.29, 0.717) is 18.6 Å². The third-order valence-electron chi connectivity index (χ3n) is 5.96. The smallest absolute Gasteiger partial charge is 0.381 e. The van der Waals surface area contributed by atoms with Crippen molar-refractivity contribution in [2.75, 3.05) is 39.4 Å². The molecule has 3 N–H and O–H groups in total. The molecule has 0 radical (unpaired) electrons. The van der Waals surface area contributed by atoms with Gasteiger partial charge in [0, 0.05) is 38.1 Å². The fourth-order valence-corrected chi connectivity index (χ4v) is 3.85. The van der Waals surface area contributed by atoms with Crippen molar-refractivity contribution in [2.24, 2.45) is 5.73 Å². The van der Waals surface area contributed by atoms with Crippen LogP contribution in [0.3, 0.4) is 0 Å². The van der Waals surface area contributed by atoms with Gasteiger partial charge < -0.3 is 25.4 Å². The van der Waals surface area contributed by atoms with E-state index in [1.165, 1.54) is 6.07 Å². The first-order valence-electron chi connectivity index (χ1n) is 13.2. The second kappa shape index (κ2) is 16.8. The number of benzene rings is 1. The van der Waals surface area contributed by atoms with Crippen molar-refractivity contribution in [1.82, 2.24) is 15.2 Å². The van der Waals surface area contributed by atoms with E-state index < -0.39 is 23.6 Å². The fraction of sp³-hybridized carbons (Fsp3) is 0.536. The molecule has 0 saturated carbocycles. The van der Waals surface area contributed by atoms with Crippen molar-refractivity contribution >= 4 is 11.8 Å². The van der Waals surface area contributed by atoms with Gasteiger partial charge in [-0.15, -0.1) is 0 Å². The minimum absolute atomic E-state index is 0.0117. The van der Waals surface area contributed by atoms with E-state index in [1.54, 1.807) is 6.20 Å². The highest BCUT2D eigenvalue weighted by atomic mass is 19.4. The number of pyridine rings is 1. The van der Waals surface area contributed by atoms with E-state index >= 15 is 0 Å². The molecule has 216 valence electrons. The first-order valence-corrected chi connectivity index (χ1v) is 13.2. The van der Waals surface area contributed by atoms with Crippen LogP contribution in [0.15, 0.2) is 42.6 Å². The number of primary amides is 1. The first kappa shape index (κ1) is 32.2. The van der Waals surface area contributed by atoms with Crippen molar-refractivity contribution < 1.29 is 32.2 Å². The van der Waals surface area contributed by atoms with Gasteiger partial charge in [-0.25, -0.2) is 0 Å². The van der Waals surface area contributed by atoms with Gasteiger partial charge in [-0.05, 0) is 62.1 Å². The van der Waals surface area contributed by atoms with Crippen molar-refractivity contribution in [3.8, 4) is 0 Å². The molecule has 11 heteroatoms. The lowest BCUT2D eigenvalue weighted by Crippen LogP contribution is -2.42. The van der Waals surface area contributed by atoms with Crippen molar-refractivity contribution in [1.29, 1.82) is 0 Å². The number of hydrogen-bond donors (Lipinski definition) is 2. The number of halogens is 3. The number of carbonyl (C=O) groups is 2. The SMILES string of the molecule is CCCOCCCNCC(CC)OCc1ccccn1.NC(=O)CN1CCc2ccc(C(F)(F)F)cc2C1=O. The van der Waals surface area contributed by atoms with Gasteiger partial charge in [-0.2, -0.15) is 13.2 Å². The third-order valence-corrected chi connectivity index (χ3v) is 5.96. The van der Waals surface area contributed by atoms with Gasteiger partial charge in [0.15, 0.2) is 0 Å². The molecule has 0 aliphatic carbocycles. The van der Waals surface area contributed by atoms with Gasteiger partial charge in [-0.1, -0.05) is 26.0 Å². The molecule has 1 aromatic heterocycles. The normalized spacial score (nSPS) is 13.9. The standard InChI is InChI=1S/C16H28N2O2.C12H11F3N2O2/c1-3-11-19-12-7-9-17-13-16(4-2)20-14-15-8-5-6-10-18-15;13-12(14,15)8-2-1-7-3-4-17(6-10(16)18)11(19)9(7)5-8/h5-6,8,10,16-17H,3-4,7,9,11-14H2,1-2H3;1-2,5H,3-4,6H2,(H2,16,18). The van der Waals surface area contributed by atoms with Crippen LogP contribution >= 0.6 is 0 Å². The quantitative estimate of drug-likeness (QED) is 0.344. The number of nitrogens with one attached hydrogen (secondary N) is 1. The predicted molar refractivity (Wildman–Crippen MR) is 142 cm³/mol. The zero-order chi connectivity index (χ0) is 28.7. The maximum absolute atomic E-state index is 12.6. The molecule has 0 fully saturated rings. The van der Waals surface area contributed by atoms with Crippen molar-refractivity contribution in [3.63, 3.8) is 0 Å². The number of fused-ring (bicyclic) bond motifs is 1. The lowest BCUT2D eigenvalue weighted by molar-refractivity contribution is -0.137. The molecule has 2 aromatic rings. The zero-order valence-corrected chi connectivity index (χ0v) is 22.6. The Labute approximate surface area is 228 Å². The highest BCUT2D eigenvalue weighted by Gasteiger charge is 2.33. The van der Waals surface area contributed by atoms with Crippen molar-refractivity contribution in [3.05, 3.63) is 65.0 Å². The van der Waals surface area contributed by atoms with Gasteiger partial charge in [-0.3, -0.25) is 14.6 Å². The van der Waals surface area contributed by atoms with Crippen molar-refractivity contribution in [2.45, 2.75) is 58.4 Å². The average molecular weight is 553 g/mol. The molecule has 2 amide bonds. The molecule has 1 unspecified atom stereocenters. The molecule has 1 aliphatic heterocycles. The molecular formula is C28H39F3N4O4. The molecule has 0 spiro atoms. The lowest BCUT2D eigenvalue weighted by Gasteiger charge is -2.28. The number of rotatable bonds is 14. The van der Waals surface area contributed by atoms with Crippen LogP contribution in [0.2, 0.25) is 0 Å². The number of ether oxygens (including phenoxy) is 2. The minimum Gasteiger partial charge on any atom is -0.381 e. The summed E-state index contributed by atoms with van der Waals surface area (Å²) >= 11 is 0. The Morgan fingerprint density at radius 3 is 2.64 bits per heavy atom. The molecule has 1 aromatic carbocycles. The molecule has 1 atom stereocenters. The summed E-state index contributed by atoms with van der Waals surface area (Å²) < 4.78 is 49.1. The number of nitrogens with zero attached hydrogens (tertiary/aromatic N) is 2. The highest BCUT2D eigenvalue weighted by molar-refractivity contribution is 5.98. The van der Waals surface area contributed by atoms with Gasteiger partial charge in [0.25, 0.3) is 5.91 Å². The maximum atomic E-state index is 12.6. The Morgan fingerprint density at radius 2 is 2.00 bits per heavy atom. The largest absolute Gasteiger partial charge is 0.416 e. The number of amides is 2. The summed E-state index contributed by atoms with van der Waals surface area (Å²) in [5.41, 5.74) is 5.65. The molecule has 0 saturated heterocycles. The molecule has 1 aliphatic rings. The summed E-state index contributed by atoms with van der Waals surface area (Å²) in [5.74, 6) is -1.28. The Balaban J connectivity index is 0.000000274. The second-order valence-corrected chi connectivity index (χ2v) is 9.15. The average Bonchev–Trinajstić information content (AvgIpc) is 2.91. The van der Waals surface area contributed by atoms with Gasteiger partial charge in [0.05, 0.1) is 30.5 Å². The van der Waals surface area contributed by atoms with Crippen LogP contribution in [0.4, 0.5) is 13.2 Å². The van der Waals surface area contributed by atoms with E-state index in [4.69, 9.17) is 15.2 Å². The Bertz CT molecular complexity index is 1020. The number of hydrogen-bond acceptors (Lipinski definition) is 6. The number of nitrogens with two attached hydrogens (primary N) is 1. The Hall–Kier alpha value is -3.02. The van der Waals surface area contributed by atoms with E-state index in [1.807, 2.05) is 18.2 Å². The summed E-state index contributed by atoms with van der Waals surface area (Å²) in [7, 11) is 0. The van der Waals surface area contributed by atoms with Crippen LogP contribution in [0, 0.1) is 0 Å². The number of alkyl halides is 3. The van der Waals surface area contributed by atoms with E-state index in [0.717, 1.165) is 68.3 Å². The monoisotopic (exact) mass is 552 g/mol. The molecule has 39 heavy (non-hydrogen) atoms. The topological polar surface area (TPSA) is 107 Å². The van der Waals surface area contributed by atoms with Gasteiger partial charge in [0.1, 0.15) is 0 Å². The zero-order valence-electron chi connectivity index (χ0n) is 22.6. The van der Waals surface area contributed by atoms with Crippen LogP contribution in [0.1, 0.15) is 60.3 Å². The van der Waals surface area contributed by atoms with Gasteiger partial charge in [0.2, 0.25) is 5.91 Å². The summed E-state index contributed by atoms with van der Waals surface area (Å²) in [6.45, 7) is 8.43. The molecule has 0 bridgehead atoms. The molecule has 8 nitrogen and oxygen atoms in total. The van der Waals surface area contributed by atoms with Crippen LogP contribution in [0.25, 0.3) is 0 Å². The van der Waals surface area contributed by atoms with E-state index in [2.05, 4.69) is 24.1 Å². The summed E-state index contributed by atoms with van der Waals surface area (Å²) in [6.07, 6.45) is 1.10. The number of carbonyl (C=O) groups excluding carboxylic acids is 2. The molecule has 3 rings (SSSR count). The second-order valence-electron chi connectivity index (χ2n) is 9.15. The first-order chi connectivity index (χ1) is 18.7. The van der Waals surface area contributed by atoms with Crippen LogP contribution < -0.4 is 11.1 Å². The Morgan fingerprint density at radius 1 is 1.21 bits per heavy atom. The molecular weight excluding hydrogens is 513 g/mol. The lowest BCUT2D eigenvalue weighted by atomic mass is 9.96. The summed E-state index contributed by atoms with van der Waals surface area (Å²) in [4.78, 5) is 28.2. The summed E-state index contributed by atoms with van der Waals surface area (Å²) in [5, 5.41) is 3.42. The fourth-order valence-electron chi connectivity index (χ4n) is 3.85. The number of aromatic nitrogens is 1.